The van der Waals surface area contributed by atoms with Gasteiger partial charge in [-0.25, -0.2) is 0 Å². The molecular formula is C23H23ClN2O2. The smallest absolute Gasteiger partial charge is 0.121 e. The van der Waals surface area contributed by atoms with Gasteiger partial charge >= 0.3 is 0 Å². The van der Waals surface area contributed by atoms with E-state index in [2.05, 4.69) is 22.0 Å². The monoisotopic (exact) mass is 394 g/mol. The van der Waals surface area contributed by atoms with E-state index < -0.39 is 0 Å². The molecule has 0 saturated carbocycles. The van der Waals surface area contributed by atoms with Gasteiger partial charge in [0.15, 0.2) is 0 Å². The van der Waals surface area contributed by atoms with Gasteiger partial charge in [-0.3, -0.25) is 4.98 Å². The molecule has 0 radical (unpaired) electrons. The normalized spacial score (nSPS) is 15.6. The summed E-state index contributed by atoms with van der Waals surface area (Å²) in [5.74, 6) is 0.800. The molecule has 4 nitrogen and oxygen atoms in total. The number of aldehydes is 1. The van der Waals surface area contributed by atoms with E-state index >= 15 is 0 Å². The quantitative estimate of drug-likeness (QED) is 0.552. The minimum Gasteiger partial charge on any atom is -0.490 e. The Hall–Kier alpha value is -2.43. The van der Waals surface area contributed by atoms with Crippen molar-refractivity contribution in [1.82, 2.24) is 9.88 Å². The van der Waals surface area contributed by atoms with E-state index in [9.17, 15) is 4.79 Å². The van der Waals surface area contributed by atoms with Crippen molar-refractivity contribution in [2.45, 2.75) is 25.4 Å². The summed E-state index contributed by atoms with van der Waals surface area (Å²) in [4.78, 5) is 17.4. The zero-order valence-corrected chi connectivity index (χ0v) is 16.4. The lowest BCUT2D eigenvalue weighted by molar-refractivity contribution is -0.108. The first kappa shape index (κ1) is 18.9. The van der Waals surface area contributed by atoms with Crippen LogP contribution >= 0.6 is 11.6 Å². The Balaban J connectivity index is 1.43. The Bertz CT molecular complexity index is 968. The molecule has 2 aromatic carbocycles. The van der Waals surface area contributed by atoms with Crippen LogP contribution in [0.25, 0.3) is 22.0 Å². The van der Waals surface area contributed by atoms with Crippen LogP contribution in [0.3, 0.4) is 0 Å². The van der Waals surface area contributed by atoms with E-state index in [0.717, 1.165) is 66.5 Å². The van der Waals surface area contributed by atoms with E-state index in [-0.39, 0.29) is 6.10 Å². The second kappa shape index (κ2) is 8.72. The SMILES string of the molecule is O=CCCN1CCC(Oc2ccc(-c3cnc4ccccc4c3)c(Cl)c2)CC1. The van der Waals surface area contributed by atoms with Crippen molar-refractivity contribution < 1.29 is 9.53 Å². The highest BCUT2D eigenvalue weighted by Gasteiger charge is 2.20. The first-order chi connectivity index (χ1) is 13.7. The molecule has 4 rings (SSSR count). The molecule has 1 aromatic heterocycles. The van der Waals surface area contributed by atoms with Crippen LogP contribution < -0.4 is 4.74 Å². The maximum absolute atomic E-state index is 10.5. The van der Waals surface area contributed by atoms with Crippen LogP contribution in [0, 0.1) is 0 Å². The van der Waals surface area contributed by atoms with Crippen LogP contribution in [0.15, 0.2) is 54.7 Å². The Morgan fingerprint density at radius 1 is 1.14 bits per heavy atom. The molecular weight excluding hydrogens is 372 g/mol. The molecule has 0 aliphatic carbocycles. The molecule has 0 bridgehead atoms. The number of piperidine rings is 1. The van der Waals surface area contributed by atoms with Gasteiger partial charge in [0.1, 0.15) is 18.1 Å². The molecule has 1 saturated heterocycles. The predicted molar refractivity (Wildman–Crippen MR) is 113 cm³/mol. The summed E-state index contributed by atoms with van der Waals surface area (Å²) < 4.78 is 6.15. The maximum atomic E-state index is 10.5. The number of hydrogen-bond acceptors (Lipinski definition) is 4. The summed E-state index contributed by atoms with van der Waals surface area (Å²) in [5, 5.41) is 1.76. The van der Waals surface area contributed by atoms with E-state index in [4.69, 9.17) is 16.3 Å². The van der Waals surface area contributed by atoms with E-state index in [1.54, 1.807) is 0 Å². The van der Waals surface area contributed by atoms with Crippen LogP contribution in [0.5, 0.6) is 5.75 Å². The molecule has 5 heteroatoms. The van der Waals surface area contributed by atoms with Gasteiger partial charge in [-0.2, -0.15) is 0 Å². The van der Waals surface area contributed by atoms with Crippen molar-refractivity contribution in [3.05, 3.63) is 59.8 Å². The first-order valence-corrected chi connectivity index (χ1v) is 10.1. The first-order valence-electron chi connectivity index (χ1n) is 9.70. The standard InChI is InChI=1S/C23H23ClN2O2/c24-22-15-20(28-19-8-11-26(12-9-19)10-3-13-27)6-7-21(22)18-14-17-4-1-2-5-23(17)25-16-18/h1-2,4-7,13-16,19H,3,8-12H2. The highest BCUT2D eigenvalue weighted by molar-refractivity contribution is 6.33. The summed E-state index contributed by atoms with van der Waals surface area (Å²) in [6, 6.07) is 16.0. The largest absolute Gasteiger partial charge is 0.490 e. The molecule has 2 heterocycles. The van der Waals surface area contributed by atoms with E-state index in [1.165, 1.54) is 0 Å². The van der Waals surface area contributed by atoms with Crippen molar-refractivity contribution in [2.24, 2.45) is 0 Å². The predicted octanol–water partition coefficient (Wildman–Crippen LogP) is 4.99. The van der Waals surface area contributed by atoms with Crippen LogP contribution in [0.1, 0.15) is 19.3 Å². The lowest BCUT2D eigenvalue weighted by Gasteiger charge is -2.31. The third kappa shape index (κ3) is 4.34. The number of carbonyl (C=O) groups excluding carboxylic acids is 1. The molecule has 0 amide bonds. The molecule has 1 fully saturated rings. The Kier molecular flexibility index (Phi) is 5.89. The fourth-order valence-electron chi connectivity index (χ4n) is 3.70. The van der Waals surface area contributed by atoms with Crippen molar-refractivity contribution in [1.29, 1.82) is 0 Å². The number of halogens is 1. The lowest BCUT2D eigenvalue weighted by atomic mass is 10.0. The van der Waals surface area contributed by atoms with E-state index in [1.807, 2.05) is 42.6 Å². The number of fused-ring (bicyclic) bond motifs is 1. The molecule has 0 spiro atoms. The van der Waals surface area contributed by atoms with Gasteiger partial charge < -0.3 is 14.4 Å². The van der Waals surface area contributed by atoms with Gasteiger partial charge in [0.05, 0.1) is 10.5 Å². The number of nitrogens with zero attached hydrogens (tertiary/aromatic N) is 2. The second-order valence-corrected chi connectivity index (χ2v) is 7.58. The average molecular weight is 395 g/mol. The molecule has 0 atom stereocenters. The number of aromatic nitrogens is 1. The van der Waals surface area contributed by atoms with Crippen molar-refractivity contribution >= 4 is 28.8 Å². The number of benzene rings is 2. The molecule has 0 unspecified atom stereocenters. The van der Waals surface area contributed by atoms with E-state index in [0.29, 0.717) is 11.4 Å². The zero-order valence-electron chi connectivity index (χ0n) is 15.7. The van der Waals surface area contributed by atoms with Gasteiger partial charge in [0.2, 0.25) is 0 Å². The summed E-state index contributed by atoms with van der Waals surface area (Å²) in [6.45, 7) is 2.77. The topological polar surface area (TPSA) is 42.4 Å². The number of likely N-dealkylation sites (tertiary alicyclic amines) is 1. The van der Waals surface area contributed by atoms with Crippen LogP contribution in [0.2, 0.25) is 5.02 Å². The fraction of sp³-hybridized carbons (Fsp3) is 0.304. The van der Waals surface area contributed by atoms with Gasteiger partial charge in [-0.1, -0.05) is 29.8 Å². The summed E-state index contributed by atoms with van der Waals surface area (Å²) >= 11 is 6.56. The highest BCUT2D eigenvalue weighted by atomic mass is 35.5. The number of pyridine rings is 1. The Morgan fingerprint density at radius 3 is 2.75 bits per heavy atom. The maximum Gasteiger partial charge on any atom is 0.121 e. The number of rotatable bonds is 6. The number of para-hydroxylation sites is 1. The lowest BCUT2D eigenvalue weighted by Crippen LogP contribution is -2.38. The van der Waals surface area contributed by atoms with Crippen LogP contribution in [-0.2, 0) is 4.79 Å². The zero-order chi connectivity index (χ0) is 19.3. The van der Waals surface area contributed by atoms with Gasteiger partial charge in [-0.05, 0) is 43.2 Å². The third-order valence-electron chi connectivity index (χ3n) is 5.24. The van der Waals surface area contributed by atoms with Crippen LogP contribution in [0.4, 0.5) is 0 Å². The minimum absolute atomic E-state index is 0.191. The highest BCUT2D eigenvalue weighted by Crippen LogP contribution is 2.33. The fourth-order valence-corrected chi connectivity index (χ4v) is 3.98. The van der Waals surface area contributed by atoms with Gasteiger partial charge in [0, 0.05) is 48.8 Å². The minimum atomic E-state index is 0.191. The summed E-state index contributed by atoms with van der Waals surface area (Å²) in [5.41, 5.74) is 2.93. The molecule has 3 aromatic rings. The Labute approximate surface area is 170 Å². The van der Waals surface area contributed by atoms with Crippen molar-refractivity contribution in [3.8, 4) is 16.9 Å². The molecule has 28 heavy (non-hydrogen) atoms. The number of hydrogen-bond donors (Lipinski definition) is 0. The Morgan fingerprint density at radius 2 is 1.96 bits per heavy atom. The van der Waals surface area contributed by atoms with Gasteiger partial charge in [-0.15, -0.1) is 0 Å². The summed E-state index contributed by atoms with van der Waals surface area (Å²) in [7, 11) is 0. The molecule has 1 aliphatic heterocycles. The molecule has 1 aliphatic rings. The molecule has 144 valence electrons. The number of carbonyl (C=O) groups is 1. The second-order valence-electron chi connectivity index (χ2n) is 7.17. The van der Waals surface area contributed by atoms with Crippen LogP contribution in [-0.4, -0.2) is 41.9 Å². The van der Waals surface area contributed by atoms with Gasteiger partial charge in [0.25, 0.3) is 0 Å². The number of ether oxygens (including phenoxy) is 1. The van der Waals surface area contributed by atoms with Crippen molar-refractivity contribution in [2.75, 3.05) is 19.6 Å². The van der Waals surface area contributed by atoms with Crippen molar-refractivity contribution in [3.63, 3.8) is 0 Å². The summed E-state index contributed by atoms with van der Waals surface area (Å²) in [6.07, 6.45) is 5.57. The third-order valence-corrected chi connectivity index (χ3v) is 5.56. The average Bonchev–Trinajstić information content (AvgIpc) is 2.73. The molecule has 0 N–H and O–H groups in total.